The van der Waals surface area contributed by atoms with E-state index >= 15 is 0 Å². The van der Waals surface area contributed by atoms with Crippen LogP contribution in [-0.2, 0) is 9.53 Å². The van der Waals surface area contributed by atoms with Gasteiger partial charge in [-0.1, -0.05) is 13.8 Å². The molecule has 0 aromatic heterocycles. The number of carbonyl (C=O) groups is 1. The molecule has 0 unspecified atom stereocenters. The van der Waals surface area contributed by atoms with Gasteiger partial charge in [-0.25, -0.2) is 0 Å². The van der Waals surface area contributed by atoms with Crippen LogP contribution in [0.5, 0.6) is 5.75 Å². The molecule has 1 aromatic rings. The predicted octanol–water partition coefficient (Wildman–Crippen LogP) is 3.49. The molecule has 1 N–H and O–H groups in total. The first kappa shape index (κ1) is 18.0. The Labute approximate surface area is 132 Å². The Bertz CT molecular complexity index is 551. The Morgan fingerprint density at radius 2 is 2.09 bits per heavy atom. The van der Waals surface area contributed by atoms with Crippen molar-refractivity contribution in [3.8, 4) is 11.8 Å². The SMILES string of the molecule is CCCO[C@](C)(CC)C(=O)Nc1ccc(OCC)cc1C#N. The summed E-state index contributed by atoms with van der Waals surface area (Å²) in [6, 6.07) is 7.11. The van der Waals surface area contributed by atoms with Crippen molar-refractivity contribution in [3.63, 3.8) is 0 Å². The summed E-state index contributed by atoms with van der Waals surface area (Å²) in [4.78, 5) is 12.5. The summed E-state index contributed by atoms with van der Waals surface area (Å²) in [5.41, 5.74) is -0.0645. The average molecular weight is 304 g/mol. The van der Waals surface area contributed by atoms with E-state index in [1.807, 2.05) is 20.8 Å². The van der Waals surface area contributed by atoms with Crippen LogP contribution in [0, 0.1) is 11.3 Å². The van der Waals surface area contributed by atoms with Crippen molar-refractivity contribution in [1.29, 1.82) is 5.26 Å². The second-order valence-corrected chi connectivity index (χ2v) is 5.14. The van der Waals surface area contributed by atoms with Crippen LogP contribution in [0.3, 0.4) is 0 Å². The Balaban J connectivity index is 2.93. The summed E-state index contributed by atoms with van der Waals surface area (Å²) in [5.74, 6) is 0.363. The highest BCUT2D eigenvalue weighted by Crippen LogP contribution is 2.24. The van der Waals surface area contributed by atoms with Gasteiger partial charge in [-0.3, -0.25) is 4.79 Å². The summed E-state index contributed by atoms with van der Waals surface area (Å²) < 4.78 is 11.0. The van der Waals surface area contributed by atoms with Gasteiger partial charge < -0.3 is 14.8 Å². The number of anilines is 1. The Kier molecular flexibility index (Phi) is 6.87. The zero-order chi connectivity index (χ0) is 16.6. The third-order valence-corrected chi connectivity index (χ3v) is 3.45. The van der Waals surface area contributed by atoms with Crippen molar-refractivity contribution in [2.45, 2.75) is 46.1 Å². The van der Waals surface area contributed by atoms with E-state index in [1.54, 1.807) is 25.1 Å². The summed E-state index contributed by atoms with van der Waals surface area (Å²) >= 11 is 0. The molecule has 1 amide bonds. The van der Waals surface area contributed by atoms with Gasteiger partial charge in [0.05, 0.1) is 17.9 Å². The molecule has 0 fully saturated rings. The average Bonchev–Trinajstić information content (AvgIpc) is 2.54. The summed E-state index contributed by atoms with van der Waals surface area (Å²) in [5, 5.41) is 12.0. The molecular weight excluding hydrogens is 280 g/mol. The second kappa shape index (κ2) is 8.40. The molecule has 5 nitrogen and oxygen atoms in total. The van der Waals surface area contributed by atoms with Gasteiger partial charge >= 0.3 is 0 Å². The summed E-state index contributed by atoms with van der Waals surface area (Å²) in [6.07, 6.45) is 1.40. The summed E-state index contributed by atoms with van der Waals surface area (Å²) in [6.45, 7) is 8.58. The number of nitriles is 1. The molecule has 0 bridgehead atoms. The van der Waals surface area contributed by atoms with Crippen molar-refractivity contribution in [2.75, 3.05) is 18.5 Å². The molecule has 1 aromatic carbocycles. The number of carbonyl (C=O) groups excluding carboxylic acids is 1. The maximum atomic E-state index is 12.5. The van der Waals surface area contributed by atoms with Gasteiger partial charge in [0.1, 0.15) is 17.4 Å². The lowest BCUT2D eigenvalue weighted by Gasteiger charge is -2.27. The normalized spacial score (nSPS) is 13.0. The molecule has 0 saturated carbocycles. The predicted molar refractivity (Wildman–Crippen MR) is 85.9 cm³/mol. The van der Waals surface area contributed by atoms with Gasteiger partial charge in [-0.2, -0.15) is 5.26 Å². The van der Waals surface area contributed by atoms with Crippen LogP contribution in [-0.4, -0.2) is 24.7 Å². The zero-order valence-corrected chi connectivity index (χ0v) is 13.7. The van der Waals surface area contributed by atoms with E-state index in [2.05, 4.69) is 11.4 Å². The van der Waals surface area contributed by atoms with Gasteiger partial charge in [-0.15, -0.1) is 0 Å². The number of hydrogen-bond acceptors (Lipinski definition) is 4. The largest absolute Gasteiger partial charge is 0.494 e. The molecule has 0 heterocycles. The molecule has 120 valence electrons. The van der Waals surface area contributed by atoms with Crippen molar-refractivity contribution in [1.82, 2.24) is 0 Å². The van der Waals surface area contributed by atoms with Crippen LogP contribution in [0.1, 0.15) is 46.1 Å². The van der Waals surface area contributed by atoms with E-state index in [0.29, 0.717) is 36.6 Å². The number of hydrogen-bond donors (Lipinski definition) is 1. The number of amides is 1. The van der Waals surface area contributed by atoms with Crippen molar-refractivity contribution in [2.24, 2.45) is 0 Å². The first-order valence-corrected chi connectivity index (χ1v) is 7.63. The van der Waals surface area contributed by atoms with E-state index in [0.717, 1.165) is 6.42 Å². The first-order valence-electron chi connectivity index (χ1n) is 7.63. The standard InChI is InChI=1S/C17H24N2O3/c1-5-10-22-17(4,6-2)16(20)19-15-9-8-14(21-7-3)11-13(15)12-18/h8-9,11H,5-7,10H2,1-4H3,(H,19,20)/t17-/m1/s1. The van der Waals surface area contributed by atoms with Crippen molar-refractivity contribution < 1.29 is 14.3 Å². The number of rotatable bonds is 8. The van der Waals surface area contributed by atoms with Crippen LogP contribution in [0.2, 0.25) is 0 Å². The van der Waals surface area contributed by atoms with E-state index in [-0.39, 0.29) is 5.91 Å². The zero-order valence-electron chi connectivity index (χ0n) is 13.7. The number of ether oxygens (including phenoxy) is 2. The topological polar surface area (TPSA) is 71.3 Å². The fourth-order valence-electron chi connectivity index (χ4n) is 1.89. The van der Waals surface area contributed by atoms with Crippen LogP contribution in [0.4, 0.5) is 5.69 Å². The molecule has 5 heteroatoms. The monoisotopic (exact) mass is 304 g/mol. The molecule has 0 radical (unpaired) electrons. The molecule has 1 rings (SSSR count). The van der Waals surface area contributed by atoms with Gasteiger partial charge in [0.25, 0.3) is 5.91 Å². The van der Waals surface area contributed by atoms with Gasteiger partial charge in [0.2, 0.25) is 0 Å². The Morgan fingerprint density at radius 3 is 2.64 bits per heavy atom. The van der Waals surface area contributed by atoms with Gasteiger partial charge in [0.15, 0.2) is 0 Å². The number of nitrogens with zero attached hydrogens (tertiary/aromatic N) is 1. The molecule has 1 atom stereocenters. The lowest BCUT2D eigenvalue weighted by molar-refractivity contribution is -0.139. The third kappa shape index (κ3) is 4.47. The second-order valence-electron chi connectivity index (χ2n) is 5.14. The number of nitrogens with one attached hydrogen (secondary N) is 1. The van der Waals surface area contributed by atoms with Crippen LogP contribution >= 0.6 is 0 Å². The molecule has 0 saturated heterocycles. The molecule has 0 aliphatic rings. The lowest BCUT2D eigenvalue weighted by Crippen LogP contribution is -2.42. The highest BCUT2D eigenvalue weighted by molar-refractivity contribution is 5.98. The first-order chi connectivity index (χ1) is 10.5. The quantitative estimate of drug-likeness (QED) is 0.798. The van der Waals surface area contributed by atoms with Crippen molar-refractivity contribution in [3.05, 3.63) is 23.8 Å². The minimum atomic E-state index is -0.901. The fraction of sp³-hybridized carbons (Fsp3) is 0.529. The highest BCUT2D eigenvalue weighted by atomic mass is 16.5. The number of benzene rings is 1. The highest BCUT2D eigenvalue weighted by Gasteiger charge is 2.32. The van der Waals surface area contributed by atoms with Crippen molar-refractivity contribution >= 4 is 11.6 Å². The van der Waals surface area contributed by atoms with Gasteiger partial charge in [0, 0.05) is 6.61 Å². The lowest BCUT2D eigenvalue weighted by atomic mass is 10.0. The third-order valence-electron chi connectivity index (χ3n) is 3.45. The van der Waals surface area contributed by atoms with Crippen LogP contribution in [0.25, 0.3) is 0 Å². The van der Waals surface area contributed by atoms with E-state index < -0.39 is 5.60 Å². The van der Waals surface area contributed by atoms with E-state index in [9.17, 15) is 10.1 Å². The van der Waals surface area contributed by atoms with E-state index in [4.69, 9.17) is 9.47 Å². The molecule has 0 aliphatic carbocycles. The molecule has 22 heavy (non-hydrogen) atoms. The Morgan fingerprint density at radius 1 is 1.36 bits per heavy atom. The Hall–Kier alpha value is -2.06. The molecule has 0 spiro atoms. The van der Waals surface area contributed by atoms with Crippen LogP contribution < -0.4 is 10.1 Å². The minimum absolute atomic E-state index is 0.246. The molecular formula is C17H24N2O3. The van der Waals surface area contributed by atoms with Crippen LogP contribution in [0.15, 0.2) is 18.2 Å². The fourth-order valence-corrected chi connectivity index (χ4v) is 1.89. The van der Waals surface area contributed by atoms with E-state index in [1.165, 1.54) is 0 Å². The minimum Gasteiger partial charge on any atom is -0.494 e. The van der Waals surface area contributed by atoms with Gasteiger partial charge in [-0.05, 0) is 44.9 Å². The smallest absolute Gasteiger partial charge is 0.256 e. The maximum Gasteiger partial charge on any atom is 0.256 e. The maximum absolute atomic E-state index is 12.5. The molecule has 0 aliphatic heterocycles. The summed E-state index contributed by atoms with van der Waals surface area (Å²) in [7, 11) is 0.